The molecule has 0 spiro atoms. The van der Waals surface area contributed by atoms with Crippen molar-refractivity contribution in [2.24, 2.45) is 11.1 Å². The maximum atomic E-state index is 5.86. The molecule has 0 unspecified atom stereocenters. The van der Waals surface area contributed by atoms with Crippen molar-refractivity contribution in [3.63, 3.8) is 0 Å². The van der Waals surface area contributed by atoms with Crippen LogP contribution in [0.2, 0.25) is 0 Å². The lowest BCUT2D eigenvalue weighted by Crippen LogP contribution is -2.39. The molecule has 0 aliphatic heterocycles. The standard InChI is InChI=1S/C14H24N2S/c1-11-8-13(17-12(11)2)9-16-7-6-14(10-15)4-3-5-14/h8,16H,3-7,9-10,15H2,1-2H3. The molecule has 0 atom stereocenters. The molecule has 1 fully saturated rings. The summed E-state index contributed by atoms with van der Waals surface area (Å²) in [6.07, 6.45) is 5.29. The average molecular weight is 252 g/mol. The number of nitrogens with two attached hydrogens (primary N) is 1. The van der Waals surface area contributed by atoms with Crippen LogP contribution in [0.25, 0.3) is 0 Å². The van der Waals surface area contributed by atoms with Gasteiger partial charge in [0.05, 0.1) is 0 Å². The molecule has 3 heteroatoms. The highest BCUT2D eigenvalue weighted by Gasteiger charge is 2.34. The molecule has 0 radical (unpaired) electrons. The predicted octanol–water partition coefficient (Wildman–Crippen LogP) is 2.97. The number of thiophene rings is 1. The second kappa shape index (κ2) is 5.51. The smallest absolute Gasteiger partial charge is 0.0299 e. The van der Waals surface area contributed by atoms with Gasteiger partial charge in [-0.2, -0.15) is 0 Å². The molecule has 2 nitrogen and oxygen atoms in total. The van der Waals surface area contributed by atoms with E-state index in [1.165, 1.54) is 41.0 Å². The summed E-state index contributed by atoms with van der Waals surface area (Å²) in [6, 6.07) is 2.30. The molecule has 1 aliphatic carbocycles. The van der Waals surface area contributed by atoms with E-state index in [0.29, 0.717) is 5.41 Å². The van der Waals surface area contributed by atoms with Gasteiger partial charge in [-0.1, -0.05) is 6.42 Å². The summed E-state index contributed by atoms with van der Waals surface area (Å²) < 4.78 is 0. The second-order valence-electron chi connectivity index (χ2n) is 5.44. The van der Waals surface area contributed by atoms with Crippen LogP contribution in [0.15, 0.2) is 6.07 Å². The molecule has 1 aliphatic rings. The molecule has 0 bridgehead atoms. The number of hydrogen-bond acceptors (Lipinski definition) is 3. The highest BCUT2D eigenvalue weighted by molar-refractivity contribution is 7.12. The van der Waals surface area contributed by atoms with Crippen molar-refractivity contribution in [2.45, 2.75) is 46.1 Å². The van der Waals surface area contributed by atoms with Gasteiger partial charge in [-0.25, -0.2) is 0 Å². The molecule has 2 rings (SSSR count). The summed E-state index contributed by atoms with van der Waals surface area (Å²) >= 11 is 1.91. The van der Waals surface area contributed by atoms with Gasteiger partial charge in [0.15, 0.2) is 0 Å². The fourth-order valence-electron chi connectivity index (χ4n) is 2.53. The molecule has 1 heterocycles. The van der Waals surface area contributed by atoms with E-state index in [2.05, 4.69) is 25.2 Å². The summed E-state index contributed by atoms with van der Waals surface area (Å²) in [5.74, 6) is 0. The van der Waals surface area contributed by atoms with Crippen molar-refractivity contribution in [1.82, 2.24) is 5.32 Å². The zero-order valence-corrected chi connectivity index (χ0v) is 11.8. The van der Waals surface area contributed by atoms with Crippen LogP contribution in [0.4, 0.5) is 0 Å². The number of nitrogens with one attached hydrogen (secondary N) is 1. The van der Waals surface area contributed by atoms with Crippen molar-refractivity contribution in [1.29, 1.82) is 0 Å². The van der Waals surface area contributed by atoms with E-state index in [0.717, 1.165) is 19.6 Å². The molecular weight excluding hydrogens is 228 g/mol. The first-order valence-corrected chi connectivity index (χ1v) is 7.44. The van der Waals surface area contributed by atoms with Crippen LogP contribution in [0.1, 0.15) is 41.0 Å². The fraction of sp³-hybridized carbons (Fsp3) is 0.714. The number of aryl methyl sites for hydroxylation is 2. The zero-order chi connectivity index (χ0) is 12.3. The quantitative estimate of drug-likeness (QED) is 0.764. The highest BCUT2D eigenvalue weighted by atomic mass is 32.1. The third kappa shape index (κ3) is 3.09. The topological polar surface area (TPSA) is 38.0 Å². The minimum atomic E-state index is 0.480. The molecule has 0 amide bonds. The minimum absolute atomic E-state index is 0.480. The van der Waals surface area contributed by atoms with Crippen molar-refractivity contribution >= 4 is 11.3 Å². The normalized spacial score (nSPS) is 18.1. The fourth-order valence-corrected chi connectivity index (χ4v) is 3.56. The summed E-state index contributed by atoms with van der Waals surface area (Å²) in [5.41, 5.74) is 7.76. The van der Waals surface area contributed by atoms with Crippen molar-refractivity contribution in [3.8, 4) is 0 Å². The van der Waals surface area contributed by atoms with Crippen LogP contribution in [0, 0.1) is 19.3 Å². The van der Waals surface area contributed by atoms with E-state index in [1.54, 1.807) is 0 Å². The first-order valence-electron chi connectivity index (χ1n) is 6.62. The third-order valence-corrected chi connectivity index (χ3v) is 5.35. The molecule has 1 aromatic rings. The van der Waals surface area contributed by atoms with E-state index in [9.17, 15) is 0 Å². The maximum absolute atomic E-state index is 5.86. The average Bonchev–Trinajstić information content (AvgIpc) is 2.56. The van der Waals surface area contributed by atoms with Crippen molar-refractivity contribution in [2.75, 3.05) is 13.1 Å². The Hall–Kier alpha value is -0.380. The van der Waals surface area contributed by atoms with Gasteiger partial charge in [-0.15, -0.1) is 11.3 Å². The molecule has 3 N–H and O–H groups in total. The molecule has 0 saturated heterocycles. The van der Waals surface area contributed by atoms with Gasteiger partial charge in [0.1, 0.15) is 0 Å². The Kier molecular flexibility index (Phi) is 4.23. The van der Waals surface area contributed by atoms with Gasteiger partial charge >= 0.3 is 0 Å². The van der Waals surface area contributed by atoms with Crippen LogP contribution < -0.4 is 11.1 Å². The first kappa shape index (κ1) is 13.1. The SMILES string of the molecule is Cc1cc(CNCCC2(CN)CCC2)sc1C. The molecule has 1 saturated carbocycles. The minimum Gasteiger partial charge on any atom is -0.330 e. The van der Waals surface area contributed by atoms with E-state index in [4.69, 9.17) is 5.73 Å². The number of hydrogen-bond donors (Lipinski definition) is 2. The largest absolute Gasteiger partial charge is 0.330 e. The lowest BCUT2D eigenvalue weighted by Gasteiger charge is -2.41. The van der Waals surface area contributed by atoms with Gasteiger partial charge in [0.25, 0.3) is 0 Å². The van der Waals surface area contributed by atoms with Gasteiger partial charge in [-0.3, -0.25) is 0 Å². The van der Waals surface area contributed by atoms with Crippen LogP contribution in [0.5, 0.6) is 0 Å². The first-order chi connectivity index (χ1) is 8.15. The molecule has 0 aromatic carbocycles. The van der Waals surface area contributed by atoms with Crippen molar-refractivity contribution < 1.29 is 0 Å². The Morgan fingerprint density at radius 2 is 2.18 bits per heavy atom. The Balaban J connectivity index is 1.69. The highest BCUT2D eigenvalue weighted by Crippen LogP contribution is 2.42. The second-order valence-corrected chi connectivity index (χ2v) is 6.78. The molecule has 17 heavy (non-hydrogen) atoms. The zero-order valence-electron chi connectivity index (χ0n) is 11.0. The van der Waals surface area contributed by atoms with Crippen LogP contribution in [0.3, 0.4) is 0 Å². The lowest BCUT2D eigenvalue weighted by molar-refractivity contribution is 0.130. The third-order valence-electron chi connectivity index (χ3n) is 4.20. The molecule has 96 valence electrons. The molecule has 1 aromatic heterocycles. The van der Waals surface area contributed by atoms with Crippen LogP contribution >= 0.6 is 11.3 Å². The summed E-state index contributed by atoms with van der Waals surface area (Å²) in [6.45, 7) is 7.37. The maximum Gasteiger partial charge on any atom is 0.0299 e. The van der Waals surface area contributed by atoms with E-state index in [-0.39, 0.29) is 0 Å². The Morgan fingerprint density at radius 1 is 1.41 bits per heavy atom. The Labute approximate surface area is 109 Å². The van der Waals surface area contributed by atoms with E-state index in [1.807, 2.05) is 11.3 Å². The Morgan fingerprint density at radius 3 is 2.65 bits per heavy atom. The van der Waals surface area contributed by atoms with Gasteiger partial charge in [-0.05, 0) is 63.2 Å². The van der Waals surface area contributed by atoms with Crippen LogP contribution in [-0.2, 0) is 6.54 Å². The lowest BCUT2D eigenvalue weighted by atomic mass is 9.67. The summed E-state index contributed by atoms with van der Waals surface area (Å²) in [5, 5.41) is 3.56. The van der Waals surface area contributed by atoms with Gasteiger partial charge in [0, 0.05) is 16.3 Å². The van der Waals surface area contributed by atoms with Gasteiger partial charge in [0.2, 0.25) is 0 Å². The summed E-state index contributed by atoms with van der Waals surface area (Å²) in [4.78, 5) is 2.90. The van der Waals surface area contributed by atoms with Crippen molar-refractivity contribution in [3.05, 3.63) is 21.4 Å². The molecular formula is C14H24N2S. The van der Waals surface area contributed by atoms with Crippen LogP contribution in [-0.4, -0.2) is 13.1 Å². The van der Waals surface area contributed by atoms with E-state index < -0.39 is 0 Å². The Bertz CT molecular complexity index is 341. The van der Waals surface area contributed by atoms with Gasteiger partial charge < -0.3 is 11.1 Å². The number of rotatable bonds is 6. The van der Waals surface area contributed by atoms with E-state index >= 15 is 0 Å². The monoisotopic (exact) mass is 252 g/mol. The predicted molar refractivity (Wildman–Crippen MR) is 75.5 cm³/mol. The summed E-state index contributed by atoms with van der Waals surface area (Å²) in [7, 11) is 0.